The second-order valence-electron chi connectivity index (χ2n) is 6.29. The zero-order chi connectivity index (χ0) is 18.4. The minimum absolute atomic E-state index is 0.152. The topological polar surface area (TPSA) is 46.6 Å². The van der Waals surface area contributed by atoms with E-state index in [2.05, 4.69) is 15.9 Å². The van der Waals surface area contributed by atoms with Gasteiger partial charge in [0.1, 0.15) is 0 Å². The molecule has 1 aliphatic rings. The summed E-state index contributed by atoms with van der Waals surface area (Å²) in [5.74, 6) is -2.21. The van der Waals surface area contributed by atoms with Crippen LogP contribution in [0.2, 0.25) is 0 Å². The number of halogens is 3. The lowest BCUT2D eigenvalue weighted by Gasteiger charge is -2.34. The molecular formula is C17H24BrF2NO3S. The average molecular weight is 440 g/mol. The summed E-state index contributed by atoms with van der Waals surface area (Å²) in [6, 6.07) is 2.52. The van der Waals surface area contributed by atoms with Gasteiger partial charge in [0.15, 0.2) is 11.6 Å². The van der Waals surface area contributed by atoms with E-state index in [1.807, 2.05) is 0 Å². The van der Waals surface area contributed by atoms with Crippen molar-refractivity contribution in [3.05, 3.63) is 29.8 Å². The Bertz CT molecular complexity index is 664. The number of rotatable bonds is 8. The molecular weight excluding hydrogens is 416 g/mol. The molecule has 1 aliphatic carbocycles. The van der Waals surface area contributed by atoms with Gasteiger partial charge >= 0.3 is 0 Å². The number of sulfonamides is 1. The van der Waals surface area contributed by atoms with E-state index < -0.39 is 21.7 Å². The lowest BCUT2D eigenvalue weighted by Crippen LogP contribution is -2.40. The largest absolute Gasteiger partial charge is 0.378 e. The van der Waals surface area contributed by atoms with E-state index in [0.717, 1.165) is 55.8 Å². The van der Waals surface area contributed by atoms with Crippen LogP contribution in [0.15, 0.2) is 23.1 Å². The van der Waals surface area contributed by atoms with Crippen LogP contribution in [0.3, 0.4) is 0 Å². The Morgan fingerprint density at radius 3 is 2.44 bits per heavy atom. The zero-order valence-electron chi connectivity index (χ0n) is 14.3. The van der Waals surface area contributed by atoms with Gasteiger partial charge in [-0.05, 0) is 56.7 Å². The molecule has 2 rings (SSSR count). The Balaban J connectivity index is 1.92. The Hall–Kier alpha value is -0.570. The van der Waals surface area contributed by atoms with Gasteiger partial charge in [-0.2, -0.15) is 4.31 Å². The first-order valence-corrected chi connectivity index (χ1v) is 11.0. The van der Waals surface area contributed by atoms with Crippen LogP contribution in [0.25, 0.3) is 0 Å². The summed E-state index contributed by atoms with van der Waals surface area (Å²) in [7, 11) is -2.34. The summed E-state index contributed by atoms with van der Waals surface area (Å²) in [6.07, 6.45) is 5.25. The van der Waals surface area contributed by atoms with Gasteiger partial charge in [0.05, 0.1) is 11.0 Å². The Morgan fingerprint density at radius 1 is 1.16 bits per heavy atom. The average Bonchev–Trinajstić information content (AvgIpc) is 2.61. The van der Waals surface area contributed by atoms with E-state index in [1.54, 1.807) is 0 Å². The number of benzene rings is 1. The maximum absolute atomic E-state index is 13.4. The standard InChI is InChI=1S/C17H24BrF2NO3S/c1-21(25(22,23)15-8-9-16(19)17(20)12-15)13-4-6-14(7-5-13)24-11-3-2-10-18/h8-9,12-14H,2-7,10-11H2,1H3. The highest BCUT2D eigenvalue weighted by Gasteiger charge is 2.32. The molecule has 0 N–H and O–H groups in total. The smallest absolute Gasteiger partial charge is 0.243 e. The fraction of sp³-hybridized carbons (Fsp3) is 0.647. The van der Waals surface area contributed by atoms with Gasteiger partial charge in [0.2, 0.25) is 10.0 Å². The summed E-state index contributed by atoms with van der Waals surface area (Å²) in [5.41, 5.74) is 0. The third kappa shape index (κ3) is 5.45. The quantitative estimate of drug-likeness (QED) is 0.452. The van der Waals surface area contributed by atoms with Crippen molar-refractivity contribution in [1.29, 1.82) is 0 Å². The highest BCUT2D eigenvalue weighted by Crippen LogP contribution is 2.28. The van der Waals surface area contributed by atoms with Crippen molar-refractivity contribution in [3.63, 3.8) is 0 Å². The fourth-order valence-corrected chi connectivity index (χ4v) is 4.85. The minimum atomic E-state index is -3.84. The Kier molecular flexibility index (Phi) is 7.79. The van der Waals surface area contributed by atoms with Crippen LogP contribution in [0, 0.1) is 11.6 Å². The molecule has 0 unspecified atom stereocenters. The maximum atomic E-state index is 13.4. The highest BCUT2D eigenvalue weighted by molar-refractivity contribution is 9.09. The molecule has 142 valence electrons. The van der Waals surface area contributed by atoms with Gasteiger partial charge in [-0.25, -0.2) is 17.2 Å². The molecule has 0 bridgehead atoms. The number of hydrogen-bond donors (Lipinski definition) is 0. The van der Waals surface area contributed by atoms with Crippen molar-refractivity contribution in [3.8, 4) is 0 Å². The van der Waals surface area contributed by atoms with E-state index in [-0.39, 0.29) is 17.0 Å². The molecule has 1 aromatic carbocycles. The van der Waals surface area contributed by atoms with Crippen molar-refractivity contribution in [2.75, 3.05) is 19.0 Å². The van der Waals surface area contributed by atoms with Gasteiger partial charge in [-0.15, -0.1) is 0 Å². The summed E-state index contributed by atoms with van der Waals surface area (Å²) >= 11 is 3.38. The third-order valence-electron chi connectivity index (χ3n) is 4.61. The maximum Gasteiger partial charge on any atom is 0.243 e. The van der Waals surface area contributed by atoms with E-state index in [0.29, 0.717) is 12.8 Å². The first-order valence-electron chi connectivity index (χ1n) is 8.47. The van der Waals surface area contributed by atoms with Crippen LogP contribution in [0.4, 0.5) is 8.78 Å². The van der Waals surface area contributed by atoms with E-state index in [1.165, 1.54) is 11.4 Å². The van der Waals surface area contributed by atoms with Gasteiger partial charge < -0.3 is 4.74 Å². The molecule has 0 amide bonds. The second kappa shape index (κ2) is 9.39. The molecule has 0 atom stereocenters. The van der Waals surface area contributed by atoms with Crippen molar-refractivity contribution in [2.45, 2.75) is 55.6 Å². The predicted octanol–water partition coefficient (Wildman–Crippen LogP) is 4.09. The molecule has 1 fully saturated rings. The van der Waals surface area contributed by atoms with Gasteiger partial charge in [0.25, 0.3) is 0 Å². The number of nitrogens with zero attached hydrogens (tertiary/aromatic N) is 1. The van der Waals surface area contributed by atoms with Crippen LogP contribution in [0.5, 0.6) is 0 Å². The minimum Gasteiger partial charge on any atom is -0.378 e. The van der Waals surface area contributed by atoms with Gasteiger partial charge in [-0.3, -0.25) is 0 Å². The van der Waals surface area contributed by atoms with Crippen molar-refractivity contribution in [1.82, 2.24) is 4.31 Å². The first kappa shape index (κ1) is 20.7. The number of alkyl halides is 1. The highest BCUT2D eigenvalue weighted by atomic mass is 79.9. The molecule has 0 saturated heterocycles. The van der Waals surface area contributed by atoms with Crippen molar-refractivity contribution >= 4 is 26.0 Å². The van der Waals surface area contributed by atoms with Crippen molar-refractivity contribution in [2.24, 2.45) is 0 Å². The molecule has 1 saturated carbocycles. The number of hydrogen-bond acceptors (Lipinski definition) is 3. The molecule has 8 heteroatoms. The van der Waals surface area contributed by atoms with Gasteiger partial charge in [0, 0.05) is 25.0 Å². The molecule has 0 radical (unpaired) electrons. The van der Waals surface area contributed by atoms with Crippen LogP contribution in [-0.2, 0) is 14.8 Å². The summed E-state index contributed by atoms with van der Waals surface area (Å²) in [5, 5.41) is 0.968. The van der Waals surface area contributed by atoms with Crippen molar-refractivity contribution < 1.29 is 21.9 Å². The fourth-order valence-electron chi connectivity index (χ4n) is 3.02. The molecule has 0 aliphatic heterocycles. The molecule has 4 nitrogen and oxygen atoms in total. The molecule has 0 heterocycles. The summed E-state index contributed by atoms with van der Waals surface area (Å²) < 4.78 is 58.8. The monoisotopic (exact) mass is 439 g/mol. The lowest BCUT2D eigenvalue weighted by atomic mass is 9.93. The number of unbranched alkanes of at least 4 members (excludes halogenated alkanes) is 1. The zero-order valence-corrected chi connectivity index (χ0v) is 16.7. The third-order valence-corrected chi connectivity index (χ3v) is 7.07. The van der Waals surface area contributed by atoms with E-state index in [4.69, 9.17) is 4.74 Å². The summed E-state index contributed by atoms with van der Waals surface area (Å²) in [4.78, 5) is -0.220. The Labute approximate surface area is 156 Å². The predicted molar refractivity (Wildman–Crippen MR) is 96.3 cm³/mol. The SMILES string of the molecule is CN(C1CCC(OCCCCBr)CC1)S(=O)(=O)c1ccc(F)c(F)c1. The normalized spacial score (nSPS) is 21.6. The van der Waals surface area contributed by atoms with Crippen LogP contribution < -0.4 is 0 Å². The molecule has 0 spiro atoms. The number of ether oxygens (including phenoxy) is 1. The van der Waals surface area contributed by atoms with E-state index in [9.17, 15) is 17.2 Å². The molecule has 1 aromatic rings. The van der Waals surface area contributed by atoms with Crippen LogP contribution in [-0.4, -0.2) is 43.9 Å². The molecule has 25 heavy (non-hydrogen) atoms. The van der Waals surface area contributed by atoms with Crippen LogP contribution >= 0.6 is 15.9 Å². The lowest BCUT2D eigenvalue weighted by molar-refractivity contribution is 0.0163. The second-order valence-corrected chi connectivity index (χ2v) is 9.09. The summed E-state index contributed by atoms with van der Waals surface area (Å²) in [6.45, 7) is 0.726. The van der Waals surface area contributed by atoms with E-state index >= 15 is 0 Å². The molecule has 0 aromatic heterocycles. The van der Waals surface area contributed by atoms with Gasteiger partial charge in [-0.1, -0.05) is 15.9 Å². The first-order chi connectivity index (χ1) is 11.9. The van der Waals surface area contributed by atoms with Crippen LogP contribution in [0.1, 0.15) is 38.5 Å². The Morgan fingerprint density at radius 2 is 1.84 bits per heavy atom.